The number of benzene rings is 1. The lowest BCUT2D eigenvalue weighted by Crippen LogP contribution is -2.55. The third-order valence-electron chi connectivity index (χ3n) is 4.59. The SMILES string of the molecule is CCOC(=O)[C@@H](CCC(=O)O)NC(=O)[C@@H](NC(=O)CNC(=O)/C=C/c1ccc(F)c(F)c1)C(C)C. The van der Waals surface area contributed by atoms with Crippen molar-refractivity contribution in [3.63, 3.8) is 0 Å². The number of carboxylic acid groups (broad SMARTS) is 1. The van der Waals surface area contributed by atoms with Gasteiger partial charge in [-0.25, -0.2) is 13.6 Å². The van der Waals surface area contributed by atoms with E-state index in [9.17, 15) is 32.8 Å². The lowest BCUT2D eigenvalue weighted by Gasteiger charge is -2.24. The summed E-state index contributed by atoms with van der Waals surface area (Å²) in [6.45, 7) is 4.39. The summed E-state index contributed by atoms with van der Waals surface area (Å²) in [5.41, 5.74) is 0.235. The molecule has 10 nitrogen and oxygen atoms in total. The lowest BCUT2D eigenvalue weighted by atomic mass is 10.0. The van der Waals surface area contributed by atoms with E-state index in [-0.39, 0.29) is 25.0 Å². The van der Waals surface area contributed by atoms with Crippen molar-refractivity contribution in [2.75, 3.05) is 13.2 Å². The maximum Gasteiger partial charge on any atom is 0.328 e. The van der Waals surface area contributed by atoms with Crippen molar-refractivity contribution >= 4 is 35.7 Å². The lowest BCUT2D eigenvalue weighted by molar-refractivity contribution is -0.148. The average Bonchev–Trinajstić information content (AvgIpc) is 2.79. The van der Waals surface area contributed by atoms with Crippen LogP contribution in [0.5, 0.6) is 0 Å². The highest BCUT2D eigenvalue weighted by Gasteiger charge is 2.29. The minimum Gasteiger partial charge on any atom is -0.481 e. The Morgan fingerprint density at radius 1 is 1.09 bits per heavy atom. The standard InChI is InChI=1S/C23H29F2N3O7/c1-4-35-23(34)17(8-10-20(31)32)27-22(33)21(13(2)3)28-19(30)12-26-18(29)9-6-14-5-7-15(24)16(25)11-14/h5-7,9,11,13,17,21H,4,8,10,12H2,1-3H3,(H,26,29)(H,27,33)(H,28,30)(H,31,32)/b9-6+/t17-,21+/m1/s1. The fourth-order valence-electron chi connectivity index (χ4n) is 2.79. The summed E-state index contributed by atoms with van der Waals surface area (Å²) in [4.78, 5) is 59.8. The van der Waals surface area contributed by atoms with Crippen LogP contribution in [0.15, 0.2) is 24.3 Å². The summed E-state index contributed by atoms with van der Waals surface area (Å²) in [6, 6.07) is 0.779. The molecular weight excluding hydrogens is 468 g/mol. The summed E-state index contributed by atoms with van der Waals surface area (Å²) in [5.74, 6) is -6.57. The molecule has 12 heteroatoms. The molecule has 192 valence electrons. The van der Waals surface area contributed by atoms with Gasteiger partial charge in [-0.05, 0) is 43.0 Å². The van der Waals surface area contributed by atoms with Gasteiger partial charge in [0.15, 0.2) is 11.6 Å². The van der Waals surface area contributed by atoms with E-state index in [1.807, 2.05) is 0 Å². The Balaban J connectivity index is 2.69. The predicted molar refractivity (Wildman–Crippen MR) is 121 cm³/mol. The fraction of sp³-hybridized carbons (Fsp3) is 0.435. The molecule has 0 aromatic heterocycles. The maximum atomic E-state index is 13.2. The molecule has 1 aromatic rings. The van der Waals surface area contributed by atoms with Gasteiger partial charge in [-0.1, -0.05) is 19.9 Å². The van der Waals surface area contributed by atoms with Crippen LogP contribution in [0.2, 0.25) is 0 Å². The Morgan fingerprint density at radius 2 is 1.77 bits per heavy atom. The van der Waals surface area contributed by atoms with Crippen LogP contribution in [-0.4, -0.2) is 60.0 Å². The van der Waals surface area contributed by atoms with Gasteiger partial charge in [0.05, 0.1) is 13.2 Å². The first-order valence-corrected chi connectivity index (χ1v) is 10.8. The van der Waals surface area contributed by atoms with Gasteiger partial charge in [0.25, 0.3) is 0 Å². The van der Waals surface area contributed by atoms with Crippen molar-refractivity contribution in [1.29, 1.82) is 0 Å². The van der Waals surface area contributed by atoms with Crippen molar-refractivity contribution in [2.24, 2.45) is 5.92 Å². The molecule has 0 fully saturated rings. The Hall–Kier alpha value is -3.83. The van der Waals surface area contributed by atoms with E-state index in [0.717, 1.165) is 18.2 Å². The van der Waals surface area contributed by atoms with Crippen LogP contribution in [-0.2, 0) is 28.7 Å². The minimum absolute atomic E-state index is 0.0346. The molecule has 1 rings (SSSR count). The molecule has 3 amide bonds. The molecule has 0 unspecified atom stereocenters. The third-order valence-corrected chi connectivity index (χ3v) is 4.59. The Bertz CT molecular complexity index is 966. The number of carbonyl (C=O) groups excluding carboxylic acids is 4. The smallest absolute Gasteiger partial charge is 0.328 e. The first kappa shape index (κ1) is 29.2. The van der Waals surface area contributed by atoms with Gasteiger partial charge in [-0.15, -0.1) is 0 Å². The molecule has 0 aliphatic rings. The van der Waals surface area contributed by atoms with E-state index >= 15 is 0 Å². The molecule has 0 aliphatic heterocycles. The van der Waals surface area contributed by atoms with E-state index in [1.54, 1.807) is 20.8 Å². The summed E-state index contributed by atoms with van der Waals surface area (Å²) < 4.78 is 31.0. The van der Waals surface area contributed by atoms with Crippen molar-refractivity contribution in [2.45, 2.75) is 45.7 Å². The molecule has 0 spiro atoms. The van der Waals surface area contributed by atoms with Crippen LogP contribution in [0.25, 0.3) is 6.08 Å². The highest BCUT2D eigenvalue weighted by molar-refractivity contribution is 5.95. The molecule has 35 heavy (non-hydrogen) atoms. The quantitative estimate of drug-likeness (QED) is 0.236. The number of halogens is 2. The van der Waals surface area contributed by atoms with Gasteiger partial charge in [0.2, 0.25) is 17.7 Å². The second kappa shape index (κ2) is 14.4. The van der Waals surface area contributed by atoms with Crippen molar-refractivity contribution in [3.8, 4) is 0 Å². The van der Waals surface area contributed by atoms with Crippen molar-refractivity contribution in [3.05, 3.63) is 41.5 Å². The molecule has 0 saturated carbocycles. The number of nitrogens with one attached hydrogen (secondary N) is 3. The second-order valence-corrected chi connectivity index (χ2v) is 7.76. The Labute approximate surface area is 201 Å². The van der Waals surface area contributed by atoms with Crippen LogP contribution in [0.3, 0.4) is 0 Å². The van der Waals surface area contributed by atoms with E-state index in [1.165, 1.54) is 12.1 Å². The first-order chi connectivity index (χ1) is 16.4. The summed E-state index contributed by atoms with van der Waals surface area (Å²) in [5, 5.41) is 16.0. The highest BCUT2D eigenvalue weighted by atomic mass is 19.2. The highest BCUT2D eigenvalue weighted by Crippen LogP contribution is 2.10. The molecule has 0 saturated heterocycles. The van der Waals surface area contributed by atoms with Gasteiger partial charge >= 0.3 is 11.9 Å². The van der Waals surface area contributed by atoms with Crippen LogP contribution in [0, 0.1) is 17.6 Å². The van der Waals surface area contributed by atoms with Crippen LogP contribution in [0.1, 0.15) is 39.2 Å². The largest absolute Gasteiger partial charge is 0.481 e. The molecule has 0 radical (unpaired) electrons. The van der Waals surface area contributed by atoms with Crippen LogP contribution < -0.4 is 16.0 Å². The first-order valence-electron chi connectivity index (χ1n) is 10.8. The van der Waals surface area contributed by atoms with E-state index in [2.05, 4.69) is 16.0 Å². The molecule has 2 atom stereocenters. The summed E-state index contributed by atoms with van der Waals surface area (Å²) in [6.07, 6.45) is 1.68. The number of carboxylic acids is 1. The number of esters is 1. The monoisotopic (exact) mass is 497 g/mol. The Kier molecular flexibility index (Phi) is 12.0. The van der Waals surface area contributed by atoms with E-state index in [0.29, 0.717) is 0 Å². The zero-order chi connectivity index (χ0) is 26.5. The average molecular weight is 497 g/mol. The number of hydrogen-bond acceptors (Lipinski definition) is 6. The van der Waals surface area contributed by atoms with Crippen molar-refractivity contribution < 1.29 is 42.6 Å². The third kappa shape index (κ3) is 10.8. The maximum absolute atomic E-state index is 13.2. The van der Waals surface area contributed by atoms with Gasteiger partial charge in [0, 0.05) is 12.5 Å². The number of aliphatic carboxylic acids is 1. The number of carbonyl (C=O) groups is 5. The normalized spacial score (nSPS) is 12.6. The van der Waals surface area contributed by atoms with E-state index in [4.69, 9.17) is 9.84 Å². The van der Waals surface area contributed by atoms with Gasteiger partial charge in [0.1, 0.15) is 12.1 Å². The van der Waals surface area contributed by atoms with Gasteiger partial charge < -0.3 is 25.8 Å². The van der Waals surface area contributed by atoms with Crippen molar-refractivity contribution in [1.82, 2.24) is 16.0 Å². The Morgan fingerprint density at radius 3 is 2.34 bits per heavy atom. The zero-order valence-corrected chi connectivity index (χ0v) is 19.6. The van der Waals surface area contributed by atoms with Gasteiger partial charge in [-0.2, -0.15) is 0 Å². The fourth-order valence-corrected chi connectivity index (χ4v) is 2.79. The molecule has 4 N–H and O–H groups in total. The molecule has 0 aliphatic carbocycles. The number of ether oxygens (including phenoxy) is 1. The minimum atomic E-state index is -1.21. The summed E-state index contributed by atoms with van der Waals surface area (Å²) >= 11 is 0. The molecular formula is C23H29F2N3O7. The molecule has 0 bridgehead atoms. The molecule has 0 heterocycles. The second-order valence-electron chi connectivity index (χ2n) is 7.76. The summed E-state index contributed by atoms with van der Waals surface area (Å²) in [7, 11) is 0. The van der Waals surface area contributed by atoms with Crippen LogP contribution in [0.4, 0.5) is 8.78 Å². The zero-order valence-electron chi connectivity index (χ0n) is 19.6. The van der Waals surface area contributed by atoms with E-state index < -0.39 is 65.8 Å². The topological polar surface area (TPSA) is 151 Å². The van der Waals surface area contributed by atoms with Crippen LogP contribution >= 0.6 is 0 Å². The number of hydrogen-bond donors (Lipinski definition) is 4. The molecule has 1 aromatic carbocycles. The van der Waals surface area contributed by atoms with Gasteiger partial charge in [-0.3, -0.25) is 19.2 Å². The number of amides is 3. The predicted octanol–water partition coefficient (Wildman–Crippen LogP) is 1.15. The number of rotatable bonds is 13.